The highest BCUT2D eigenvalue weighted by Gasteiger charge is 1.95. The van der Waals surface area contributed by atoms with E-state index in [2.05, 4.69) is 19.9 Å². The van der Waals surface area contributed by atoms with Crippen molar-refractivity contribution in [2.45, 2.75) is 59.0 Å². The summed E-state index contributed by atoms with van der Waals surface area (Å²) in [5.74, 6) is 0. The van der Waals surface area contributed by atoms with Crippen molar-refractivity contribution in [2.75, 3.05) is 0 Å². The van der Waals surface area contributed by atoms with E-state index in [0.29, 0.717) is 0 Å². The first-order valence-electron chi connectivity index (χ1n) is 5.00. The van der Waals surface area contributed by atoms with Crippen LogP contribution in [-0.4, -0.2) is 11.2 Å². The van der Waals surface area contributed by atoms with Gasteiger partial charge >= 0.3 is 0 Å². The van der Waals surface area contributed by atoms with Crippen molar-refractivity contribution in [2.24, 2.45) is 0 Å². The molecule has 0 radical (unpaired) electrons. The molecule has 1 unspecified atom stereocenters. The van der Waals surface area contributed by atoms with E-state index >= 15 is 0 Å². The summed E-state index contributed by atoms with van der Waals surface area (Å²) >= 11 is 0. The summed E-state index contributed by atoms with van der Waals surface area (Å²) in [5.41, 5.74) is 1.42. The average Bonchev–Trinajstić information content (AvgIpc) is 2.01. The number of unbranched alkanes of at least 4 members (excludes halogenated alkanes) is 2. The van der Waals surface area contributed by atoms with Crippen LogP contribution >= 0.6 is 0 Å². The summed E-state index contributed by atoms with van der Waals surface area (Å²) in [6.45, 7) is 6.20. The zero-order valence-electron chi connectivity index (χ0n) is 8.64. The average molecular weight is 170 g/mol. The summed E-state index contributed by atoms with van der Waals surface area (Å²) in [7, 11) is 0. The van der Waals surface area contributed by atoms with Gasteiger partial charge < -0.3 is 5.11 Å². The predicted octanol–water partition coefficient (Wildman–Crippen LogP) is 3.28. The second kappa shape index (κ2) is 7.35. The largest absolute Gasteiger partial charge is 0.393 e. The number of aliphatic hydroxyl groups is 1. The molecule has 72 valence electrons. The van der Waals surface area contributed by atoms with Gasteiger partial charge in [-0.05, 0) is 33.1 Å². The van der Waals surface area contributed by atoms with Crippen molar-refractivity contribution < 1.29 is 5.11 Å². The van der Waals surface area contributed by atoms with Gasteiger partial charge in [0.2, 0.25) is 0 Å². The van der Waals surface area contributed by atoms with Crippen molar-refractivity contribution in [1.82, 2.24) is 0 Å². The molecule has 0 aliphatic carbocycles. The molecular weight excluding hydrogens is 148 g/mol. The van der Waals surface area contributed by atoms with Crippen LogP contribution in [0.4, 0.5) is 0 Å². The molecule has 1 N–H and O–H groups in total. The Morgan fingerprint density at radius 3 is 2.67 bits per heavy atom. The van der Waals surface area contributed by atoms with Crippen LogP contribution in [0.25, 0.3) is 0 Å². The smallest absolute Gasteiger partial charge is 0.0515 e. The van der Waals surface area contributed by atoms with E-state index in [1.165, 1.54) is 24.8 Å². The van der Waals surface area contributed by atoms with Gasteiger partial charge in [0.05, 0.1) is 6.10 Å². The molecule has 0 aromatic heterocycles. The molecule has 1 atom stereocenters. The SMILES string of the molecule is CCCC/C=C(\C)CCC(C)O. The first-order valence-corrected chi connectivity index (χ1v) is 5.00. The maximum Gasteiger partial charge on any atom is 0.0515 e. The molecule has 0 saturated carbocycles. The number of hydrogen-bond acceptors (Lipinski definition) is 1. The number of allylic oxidation sites excluding steroid dienone is 2. The van der Waals surface area contributed by atoms with Gasteiger partial charge in [0.25, 0.3) is 0 Å². The maximum absolute atomic E-state index is 9.05. The Morgan fingerprint density at radius 1 is 1.50 bits per heavy atom. The molecule has 0 rings (SSSR count). The first-order chi connectivity index (χ1) is 5.66. The molecule has 0 aromatic rings. The molecule has 0 aromatic carbocycles. The molecule has 0 amide bonds. The monoisotopic (exact) mass is 170 g/mol. The zero-order valence-corrected chi connectivity index (χ0v) is 8.64. The summed E-state index contributed by atoms with van der Waals surface area (Å²) in [6.07, 6.45) is 7.83. The normalized spacial score (nSPS) is 14.8. The van der Waals surface area contributed by atoms with Crippen molar-refractivity contribution in [3.05, 3.63) is 11.6 Å². The maximum atomic E-state index is 9.05. The lowest BCUT2D eigenvalue weighted by Crippen LogP contribution is -1.98. The van der Waals surface area contributed by atoms with Gasteiger partial charge in [0.15, 0.2) is 0 Å². The summed E-state index contributed by atoms with van der Waals surface area (Å²) in [4.78, 5) is 0. The van der Waals surface area contributed by atoms with E-state index < -0.39 is 0 Å². The number of aliphatic hydroxyl groups excluding tert-OH is 1. The van der Waals surface area contributed by atoms with Crippen LogP contribution in [-0.2, 0) is 0 Å². The molecule has 0 bridgehead atoms. The number of hydrogen-bond donors (Lipinski definition) is 1. The van der Waals surface area contributed by atoms with E-state index in [-0.39, 0.29) is 6.10 Å². The first kappa shape index (κ1) is 11.7. The fraction of sp³-hybridized carbons (Fsp3) is 0.818. The van der Waals surface area contributed by atoms with Crippen molar-refractivity contribution in [3.63, 3.8) is 0 Å². The third-order valence-electron chi connectivity index (χ3n) is 2.01. The van der Waals surface area contributed by atoms with Crippen LogP contribution in [0.3, 0.4) is 0 Å². The topological polar surface area (TPSA) is 20.2 Å². The lowest BCUT2D eigenvalue weighted by atomic mass is 10.1. The Bertz CT molecular complexity index is 125. The zero-order chi connectivity index (χ0) is 9.40. The molecule has 0 aliphatic rings. The standard InChI is InChI=1S/C11H22O/c1-4-5-6-7-10(2)8-9-11(3)12/h7,11-12H,4-6,8-9H2,1-3H3/b10-7+. The Hall–Kier alpha value is -0.300. The second-order valence-electron chi connectivity index (χ2n) is 3.58. The Morgan fingerprint density at radius 2 is 2.17 bits per heavy atom. The minimum Gasteiger partial charge on any atom is -0.393 e. The minimum absolute atomic E-state index is 0.153. The van der Waals surface area contributed by atoms with Gasteiger partial charge in [-0.2, -0.15) is 0 Å². The molecule has 1 nitrogen and oxygen atoms in total. The van der Waals surface area contributed by atoms with E-state index in [1.807, 2.05) is 6.92 Å². The highest BCUT2D eigenvalue weighted by Crippen LogP contribution is 2.08. The van der Waals surface area contributed by atoms with Crippen molar-refractivity contribution in [3.8, 4) is 0 Å². The molecular formula is C11H22O. The fourth-order valence-corrected chi connectivity index (χ4v) is 1.09. The van der Waals surface area contributed by atoms with Gasteiger partial charge in [0, 0.05) is 0 Å². The van der Waals surface area contributed by atoms with Gasteiger partial charge in [-0.15, -0.1) is 0 Å². The predicted molar refractivity (Wildman–Crippen MR) is 54.2 cm³/mol. The molecule has 12 heavy (non-hydrogen) atoms. The van der Waals surface area contributed by atoms with Gasteiger partial charge in [-0.3, -0.25) is 0 Å². The van der Waals surface area contributed by atoms with Crippen LogP contribution in [0.2, 0.25) is 0 Å². The van der Waals surface area contributed by atoms with E-state index in [4.69, 9.17) is 5.11 Å². The van der Waals surface area contributed by atoms with Crippen LogP contribution in [0.15, 0.2) is 11.6 Å². The molecule has 0 spiro atoms. The Labute approximate surface area is 76.5 Å². The molecule has 0 heterocycles. The third-order valence-corrected chi connectivity index (χ3v) is 2.01. The highest BCUT2D eigenvalue weighted by atomic mass is 16.3. The fourth-order valence-electron chi connectivity index (χ4n) is 1.09. The molecule has 1 heteroatoms. The second-order valence-corrected chi connectivity index (χ2v) is 3.58. The summed E-state index contributed by atoms with van der Waals surface area (Å²) in [6, 6.07) is 0. The molecule has 0 aliphatic heterocycles. The van der Waals surface area contributed by atoms with Crippen LogP contribution in [0.5, 0.6) is 0 Å². The van der Waals surface area contributed by atoms with Crippen LogP contribution < -0.4 is 0 Å². The lowest BCUT2D eigenvalue weighted by Gasteiger charge is -2.03. The lowest BCUT2D eigenvalue weighted by molar-refractivity contribution is 0.185. The van der Waals surface area contributed by atoms with Gasteiger partial charge in [-0.25, -0.2) is 0 Å². The van der Waals surface area contributed by atoms with E-state index in [9.17, 15) is 0 Å². The van der Waals surface area contributed by atoms with Crippen molar-refractivity contribution in [1.29, 1.82) is 0 Å². The minimum atomic E-state index is -0.153. The van der Waals surface area contributed by atoms with Crippen LogP contribution in [0, 0.1) is 0 Å². The van der Waals surface area contributed by atoms with Gasteiger partial charge in [0.1, 0.15) is 0 Å². The Kier molecular flexibility index (Phi) is 7.17. The number of rotatable bonds is 6. The van der Waals surface area contributed by atoms with Crippen molar-refractivity contribution >= 4 is 0 Å². The third kappa shape index (κ3) is 7.80. The van der Waals surface area contributed by atoms with E-state index in [1.54, 1.807) is 0 Å². The quantitative estimate of drug-likeness (QED) is 0.479. The van der Waals surface area contributed by atoms with E-state index in [0.717, 1.165) is 12.8 Å². The molecule has 0 saturated heterocycles. The summed E-state index contributed by atoms with van der Waals surface area (Å²) < 4.78 is 0. The Balaban J connectivity index is 3.42. The highest BCUT2D eigenvalue weighted by molar-refractivity contribution is 4.97. The summed E-state index contributed by atoms with van der Waals surface area (Å²) in [5, 5.41) is 9.05. The molecule has 0 fully saturated rings. The van der Waals surface area contributed by atoms with Crippen LogP contribution in [0.1, 0.15) is 52.9 Å². The van der Waals surface area contributed by atoms with Gasteiger partial charge in [-0.1, -0.05) is 31.4 Å².